The molecule has 154 valence electrons. The molecule has 0 aliphatic heterocycles. The molecule has 0 radical (unpaired) electrons. The maximum absolute atomic E-state index is 13.5. The number of hydrogen-bond acceptors (Lipinski definition) is 3. The zero-order chi connectivity index (χ0) is 20.2. The standard InChI is InChI=1S/C22H22OP.C2H6O2.BrH/c1-2-12-22(23)24(19-13-6-3-7-14-19,20-15-8-4-9-16-20)21-17-10-5-11-18-21;3-1-2-4;/h3-11,13-18H,2,12H2,1H3;3-4H,1-2H2;1H/q+1;;. The maximum atomic E-state index is 13.5. The number of halogens is 1. The van der Waals surface area contributed by atoms with Gasteiger partial charge in [0, 0.05) is 6.42 Å². The van der Waals surface area contributed by atoms with Gasteiger partial charge in [-0.15, -0.1) is 17.0 Å². The molecule has 0 unspecified atom stereocenters. The monoisotopic (exact) mass is 475 g/mol. The van der Waals surface area contributed by atoms with Gasteiger partial charge < -0.3 is 10.2 Å². The Labute approximate surface area is 184 Å². The molecule has 0 spiro atoms. The van der Waals surface area contributed by atoms with Crippen molar-refractivity contribution >= 4 is 45.7 Å². The van der Waals surface area contributed by atoms with E-state index in [4.69, 9.17) is 10.2 Å². The van der Waals surface area contributed by atoms with Crippen molar-refractivity contribution in [1.82, 2.24) is 0 Å². The minimum atomic E-state index is -2.30. The van der Waals surface area contributed by atoms with Crippen molar-refractivity contribution in [1.29, 1.82) is 0 Å². The summed E-state index contributed by atoms with van der Waals surface area (Å²) in [6, 6.07) is 30.9. The highest BCUT2D eigenvalue weighted by Gasteiger charge is 2.52. The van der Waals surface area contributed by atoms with E-state index >= 15 is 0 Å². The van der Waals surface area contributed by atoms with Gasteiger partial charge in [0.25, 0.3) is 5.52 Å². The molecule has 0 aromatic heterocycles. The number of carbonyl (C=O) groups is 1. The van der Waals surface area contributed by atoms with Gasteiger partial charge in [-0.25, -0.2) is 0 Å². The molecule has 0 amide bonds. The van der Waals surface area contributed by atoms with Crippen molar-refractivity contribution in [3.63, 3.8) is 0 Å². The second-order valence-corrected chi connectivity index (χ2v) is 9.66. The van der Waals surface area contributed by atoms with Gasteiger partial charge >= 0.3 is 0 Å². The Bertz CT molecular complexity index is 728. The molecule has 0 saturated heterocycles. The SMILES string of the molecule is Br.CCCC(=O)[P+](c1ccccc1)(c1ccccc1)c1ccccc1.OCCO. The summed E-state index contributed by atoms with van der Waals surface area (Å²) in [7, 11) is -2.30. The molecule has 0 fully saturated rings. The van der Waals surface area contributed by atoms with Crippen molar-refractivity contribution in [3.05, 3.63) is 91.0 Å². The fourth-order valence-corrected chi connectivity index (χ4v) is 7.39. The summed E-state index contributed by atoms with van der Waals surface area (Å²) in [5, 5.41) is 18.7. The van der Waals surface area contributed by atoms with E-state index in [-0.39, 0.29) is 30.2 Å². The molecule has 29 heavy (non-hydrogen) atoms. The summed E-state index contributed by atoms with van der Waals surface area (Å²) in [5.41, 5.74) is 0.355. The van der Waals surface area contributed by atoms with E-state index < -0.39 is 7.26 Å². The summed E-state index contributed by atoms with van der Waals surface area (Å²) in [4.78, 5) is 13.5. The summed E-state index contributed by atoms with van der Waals surface area (Å²) >= 11 is 0. The Balaban J connectivity index is 0.000000771. The van der Waals surface area contributed by atoms with Crippen LogP contribution in [0.25, 0.3) is 0 Å². The van der Waals surface area contributed by atoms with Crippen LogP contribution in [0.1, 0.15) is 19.8 Å². The topological polar surface area (TPSA) is 57.5 Å². The predicted octanol–water partition coefficient (Wildman–Crippen LogP) is 3.86. The Morgan fingerprint density at radius 1 is 0.690 bits per heavy atom. The fourth-order valence-electron chi connectivity index (χ4n) is 3.22. The average molecular weight is 476 g/mol. The summed E-state index contributed by atoms with van der Waals surface area (Å²) < 4.78 is 0. The number of benzene rings is 3. The molecule has 0 saturated carbocycles. The van der Waals surface area contributed by atoms with E-state index in [2.05, 4.69) is 43.3 Å². The first-order valence-corrected chi connectivity index (χ1v) is 11.3. The first kappa shape index (κ1) is 25.2. The number of hydrogen-bond donors (Lipinski definition) is 2. The summed E-state index contributed by atoms with van der Waals surface area (Å²) in [5.74, 6) is 0. The second kappa shape index (κ2) is 13.4. The van der Waals surface area contributed by atoms with E-state index in [0.29, 0.717) is 11.9 Å². The molecule has 2 N–H and O–H groups in total. The lowest BCUT2D eigenvalue weighted by Crippen LogP contribution is -2.36. The molecule has 3 aromatic carbocycles. The molecule has 3 rings (SSSR count). The lowest BCUT2D eigenvalue weighted by Gasteiger charge is -2.25. The molecule has 3 nitrogen and oxygen atoms in total. The highest BCUT2D eigenvalue weighted by molar-refractivity contribution is 8.93. The van der Waals surface area contributed by atoms with Gasteiger partial charge in [-0.1, -0.05) is 61.5 Å². The van der Waals surface area contributed by atoms with Gasteiger partial charge in [0.1, 0.15) is 15.9 Å². The largest absolute Gasteiger partial charge is 0.394 e. The minimum absolute atomic E-state index is 0. The predicted molar refractivity (Wildman–Crippen MR) is 130 cm³/mol. The van der Waals surface area contributed by atoms with Crippen molar-refractivity contribution < 1.29 is 15.0 Å². The van der Waals surface area contributed by atoms with Gasteiger partial charge in [0.05, 0.1) is 13.2 Å². The van der Waals surface area contributed by atoms with Crippen LogP contribution >= 0.6 is 24.2 Å². The van der Waals surface area contributed by atoms with Crippen LogP contribution < -0.4 is 15.9 Å². The molecule has 0 atom stereocenters. The van der Waals surface area contributed by atoms with Crippen LogP contribution in [0.15, 0.2) is 91.0 Å². The highest BCUT2D eigenvalue weighted by atomic mass is 79.9. The molecule has 3 aromatic rings. The normalized spacial score (nSPS) is 10.3. The molecule has 5 heteroatoms. The Kier molecular flexibility index (Phi) is 11.6. The number of carbonyl (C=O) groups excluding carboxylic acids is 1. The van der Waals surface area contributed by atoms with Gasteiger partial charge in [-0.05, 0) is 42.8 Å². The molecule has 0 heterocycles. The first-order chi connectivity index (χ1) is 13.7. The average Bonchev–Trinajstić information content (AvgIpc) is 2.77. The molecular weight excluding hydrogens is 447 g/mol. The quantitative estimate of drug-likeness (QED) is 0.510. The van der Waals surface area contributed by atoms with Crippen LogP contribution in [0, 0.1) is 0 Å². The van der Waals surface area contributed by atoms with Gasteiger partial charge in [0.2, 0.25) is 0 Å². The smallest absolute Gasteiger partial charge is 0.283 e. The molecular formula is C24H29BrO3P+. The van der Waals surface area contributed by atoms with E-state index in [1.165, 1.54) is 0 Å². The first-order valence-electron chi connectivity index (χ1n) is 9.52. The fraction of sp³-hybridized carbons (Fsp3) is 0.208. The van der Waals surface area contributed by atoms with E-state index in [1.807, 2.05) is 54.6 Å². The van der Waals surface area contributed by atoms with Crippen molar-refractivity contribution in [2.45, 2.75) is 19.8 Å². The van der Waals surface area contributed by atoms with Crippen LogP contribution in [0.2, 0.25) is 0 Å². The highest BCUT2D eigenvalue weighted by Crippen LogP contribution is 2.57. The molecule has 0 aliphatic carbocycles. The number of rotatable bonds is 7. The lowest BCUT2D eigenvalue weighted by molar-refractivity contribution is -0.111. The number of aliphatic hydroxyl groups is 2. The lowest BCUT2D eigenvalue weighted by atomic mass is 10.3. The van der Waals surface area contributed by atoms with Gasteiger partial charge in [0.15, 0.2) is 7.26 Å². The Hall–Kier alpha value is -1.84. The van der Waals surface area contributed by atoms with Crippen molar-refractivity contribution in [2.24, 2.45) is 0 Å². The third kappa shape index (κ3) is 6.07. The zero-order valence-electron chi connectivity index (χ0n) is 16.6. The maximum Gasteiger partial charge on any atom is 0.283 e. The Morgan fingerprint density at radius 2 is 1.00 bits per heavy atom. The summed E-state index contributed by atoms with van der Waals surface area (Å²) in [6.07, 6.45) is 1.47. The van der Waals surface area contributed by atoms with Crippen LogP contribution in [-0.2, 0) is 4.79 Å². The third-order valence-corrected chi connectivity index (χ3v) is 8.56. The van der Waals surface area contributed by atoms with Crippen molar-refractivity contribution in [2.75, 3.05) is 13.2 Å². The van der Waals surface area contributed by atoms with E-state index in [9.17, 15) is 4.79 Å². The summed E-state index contributed by atoms with van der Waals surface area (Å²) in [6.45, 7) is 1.83. The Morgan fingerprint density at radius 3 is 1.24 bits per heavy atom. The van der Waals surface area contributed by atoms with Crippen LogP contribution in [0.5, 0.6) is 0 Å². The molecule has 0 aliphatic rings. The minimum Gasteiger partial charge on any atom is -0.394 e. The second-order valence-electron chi connectivity index (χ2n) is 6.27. The van der Waals surface area contributed by atoms with Gasteiger partial charge in [-0.2, -0.15) is 0 Å². The van der Waals surface area contributed by atoms with Crippen LogP contribution in [0.3, 0.4) is 0 Å². The van der Waals surface area contributed by atoms with Crippen LogP contribution in [0.4, 0.5) is 0 Å². The van der Waals surface area contributed by atoms with E-state index in [0.717, 1.165) is 22.3 Å². The van der Waals surface area contributed by atoms with E-state index in [1.54, 1.807) is 0 Å². The molecule has 0 bridgehead atoms. The zero-order valence-corrected chi connectivity index (χ0v) is 19.3. The van der Waals surface area contributed by atoms with Gasteiger partial charge in [-0.3, -0.25) is 4.79 Å². The van der Waals surface area contributed by atoms with Crippen LogP contribution in [-0.4, -0.2) is 29.0 Å². The number of aliphatic hydroxyl groups excluding tert-OH is 2. The third-order valence-electron chi connectivity index (χ3n) is 4.37. The van der Waals surface area contributed by atoms with Crippen molar-refractivity contribution in [3.8, 4) is 0 Å².